The molecule has 1 aliphatic rings. The molecular formula is C15H23ClN2O2S. The van der Waals surface area contributed by atoms with Crippen LogP contribution in [0, 0.1) is 11.8 Å². The maximum atomic E-state index is 12.5. The van der Waals surface area contributed by atoms with Crippen LogP contribution in [-0.2, 0) is 16.6 Å². The highest BCUT2D eigenvalue weighted by molar-refractivity contribution is 7.89. The molecule has 118 valence electrons. The van der Waals surface area contributed by atoms with Crippen LogP contribution in [0.15, 0.2) is 23.1 Å². The Hall–Kier alpha value is -0.620. The van der Waals surface area contributed by atoms with E-state index in [9.17, 15) is 8.42 Å². The standard InChI is InChI=1S/C15H23ClN2O2S/c1-3-11-5-7-15(10(11)2)18-21(19,20)13-6-4-12(9-17)14(16)8-13/h4,6,8,10-11,15,18H,3,5,7,9,17H2,1-2H3. The van der Waals surface area contributed by atoms with Crippen molar-refractivity contribution in [3.8, 4) is 0 Å². The first-order valence-corrected chi connectivity index (χ1v) is 9.26. The Labute approximate surface area is 132 Å². The molecular weight excluding hydrogens is 308 g/mol. The maximum absolute atomic E-state index is 12.5. The summed E-state index contributed by atoms with van der Waals surface area (Å²) in [6, 6.07) is 4.72. The van der Waals surface area contributed by atoms with Crippen molar-refractivity contribution in [2.45, 2.75) is 50.6 Å². The monoisotopic (exact) mass is 330 g/mol. The molecule has 1 aliphatic carbocycles. The topological polar surface area (TPSA) is 72.2 Å². The molecule has 1 saturated carbocycles. The first kappa shape index (κ1) is 16.7. The lowest BCUT2D eigenvalue weighted by molar-refractivity contribution is 0.368. The molecule has 0 aromatic heterocycles. The zero-order chi connectivity index (χ0) is 15.6. The van der Waals surface area contributed by atoms with Gasteiger partial charge in [0.05, 0.1) is 4.90 Å². The highest BCUT2D eigenvalue weighted by Gasteiger charge is 2.34. The molecule has 6 heteroatoms. The van der Waals surface area contributed by atoms with E-state index in [-0.39, 0.29) is 10.9 Å². The molecule has 0 amide bonds. The van der Waals surface area contributed by atoms with E-state index in [1.165, 1.54) is 6.07 Å². The number of nitrogens with one attached hydrogen (secondary N) is 1. The average molecular weight is 331 g/mol. The first-order valence-electron chi connectivity index (χ1n) is 7.39. The molecule has 2 rings (SSSR count). The molecule has 4 nitrogen and oxygen atoms in total. The zero-order valence-corrected chi connectivity index (χ0v) is 14.0. The van der Waals surface area contributed by atoms with Crippen LogP contribution in [0.2, 0.25) is 5.02 Å². The number of nitrogens with two attached hydrogens (primary N) is 1. The fraction of sp³-hybridized carbons (Fsp3) is 0.600. The third kappa shape index (κ3) is 3.59. The van der Waals surface area contributed by atoms with Crippen LogP contribution in [0.4, 0.5) is 0 Å². The van der Waals surface area contributed by atoms with E-state index in [0.717, 1.165) is 24.8 Å². The van der Waals surface area contributed by atoms with Gasteiger partial charge in [-0.3, -0.25) is 0 Å². The van der Waals surface area contributed by atoms with Gasteiger partial charge < -0.3 is 5.73 Å². The minimum absolute atomic E-state index is 0.00732. The number of hydrogen-bond acceptors (Lipinski definition) is 3. The predicted molar refractivity (Wildman–Crippen MR) is 85.6 cm³/mol. The minimum Gasteiger partial charge on any atom is -0.326 e. The molecule has 0 radical (unpaired) electrons. The number of sulfonamides is 1. The summed E-state index contributed by atoms with van der Waals surface area (Å²) in [4.78, 5) is 0.205. The third-order valence-corrected chi connectivity index (χ3v) is 6.45. The Morgan fingerprint density at radius 3 is 2.62 bits per heavy atom. The van der Waals surface area contributed by atoms with Gasteiger partial charge in [-0.15, -0.1) is 0 Å². The molecule has 3 unspecified atom stereocenters. The highest BCUT2D eigenvalue weighted by Crippen LogP contribution is 2.34. The number of halogens is 1. The lowest BCUT2D eigenvalue weighted by Crippen LogP contribution is -2.37. The fourth-order valence-corrected chi connectivity index (χ4v) is 4.83. The van der Waals surface area contributed by atoms with Gasteiger partial charge in [-0.1, -0.05) is 37.9 Å². The van der Waals surface area contributed by atoms with Gasteiger partial charge >= 0.3 is 0 Å². The molecule has 0 saturated heterocycles. The second-order valence-electron chi connectivity index (χ2n) is 5.79. The molecule has 1 aromatic rings. The molecule has 3 atom stereocenters. The van der Waals surface area contributed by atoms with Crippen molar-refractivity contribution in [3.05, 3.63) is 28.8 Å². The fourth-order valence-electron chi connectivity index (χ4n) is 3.12. The van der Waals surface area contributed by atoms with Crippen LogP contribution < -0.4 is 10.5 Å². The molecule has 0 spiro atoms. The van der Waals surface area contributed by atoms with E-state index in [1.807, 2.05) is 0 Å². The van der Waals surface area contributed by atoms with Gasteiger partial charge in [0.2, 0.25) is 10.0 Å². The molecule has 1 aromatic carbocycles. The summed E-state index contributed by atoms with van der Waals surface area (Å²) in [5, 5.41) is 0.395. The quantitative estimate of drug-likeness (QED) is 0.872. The number of hydrogen-bond donors (Lipinski definition) is 2. The van der Waals surface area contributed by atoms with Crippen molar-refractivity contribution in [1.29, 1.82) is 0 Å². The molecule has 0 heterocycles. The van der Waals surface area contributed by atoms with Crippen LogP contribution in [-0.4, -0.2) is 14.5 Å². The van der Waals surface area contributed by atoms with Gasteiger partial charge in [-0.05, 0) is 42.4 Å². The Morgan fingerprint density at radius 2 is 2.10 bits per heavy atom. The average Bonchev–Trinajstić information content (AvgIpc) is 2.79. The van der Waals surface area contributed by atoms with Gasteiger partial charge in [-0.25, -0.2) is 13.1 Å². The molecule has 21 heavy (non-hydrogen) atoms. The minimum atomic E-state index is -3.53. The predicted octanol–water partition coefficient (Wildman–Crippen LogP) is 2.90. The van der Waals surface area contributed by atoms with Crippen molar-refractivity contribution >= 4 is 21.6 Å². The van der Waals surface area contributed by atoms with Crippen molar-refractivity contribution in [1.82, 2.24) is 4.72 Å². The van der Waals surface area contributed by atoms with Crippen molar-refractivity contribution < 1.29 is 8.42 Å². The SMILES string of the molecule is CCC1CCC(NS(=O)(=O)c2ccc(CN)c(Cl)c2)C1C. The van der Waals surface area contributed by atoms with Gasteiger partial charge in [0.25, 0.3) is 0 Å². The zero-order valence-electron chi connectivity index (χ0n) is 12.5. The second kappa shape index (κ2) is 6.65. The van der Waals surface area contributed by atoms with Crippen LogP contribution >= 0.6 is 11.6 Å². The Balaban J connectivity index is 2.17. The van der Waals surface area contributed by atoms with E-state index >= 15 is 0 Å². The largest absolute Gasteiger partial charge is 0.326 e. The van der Waals surface area contributed by atoms with Crippen LogP contribution in [0.5, 0.6) is 0 Å². The van der Waals surface area contributed by atoms with E-state index in [2.05, 4.69) is 18.6 Å². The normalized spacial score (nSPS) is 26.2. The summed E-state index contributed by atoms with van der Waals surface area (Å²) < 4.78 is 27.8. The Bertz CT molecular complexity index is 604. The lowest BCUT2D eigenvalue weighted by Gasteiger charge is -2.21. The van der Waals surface area contributed by atoms with Crippen molar-refractivity contribution in [2.24, 2.45) is 17.6 Å². The third-order valence-electron chi connectivity index (χ3n) is 4.61. The number of rotatable bonds is 5. The summed E-state index contributed by atoms with van der Waals surface area (Å²) in [5.41, 5.74) is 6.29. The molecule has 0 bridgehead atoms. The van der Waals surface area contributed by atoms with Gasteiger partial charge in [0.1, 0.15) is 0 Å². The van der Waals surface area contributed by atoms with Crippen LogP contribution in [0.1, 0.15) is 38.7 Å². The summed E-state index contributed by atoms with van der Waals surface area (Å²) >= 11 is 6.05. The molecule has 0 aliphatic heterocycles. The van der Waals surface area contributed by atoms with Crippen LogP contribution in [0.25, 0.3) is 0 Å². The van der Waals surface area contributed by atoms with Crippen molar-refractivity contribution in [3.63, 3.8) is 0 Å². The van der Waals surface area contributed by atoms with Gasteiger partial charge in [0.15, 0.2) is 0 Å². The summed E-state index contributed by atoms with van der Waals surface area (Å²) in [6.07, 6.45) is 3.07. The van der Waals surface area contributed by atoms with Gasteiger partial charge in [-0.2, -0.15) is 0 Å². The summed E-state index contributed by atoms with van der Waals surface area (Å²) in [5.74, 6) is 0.962. The smallest absolute Gasteiger partial charge is 0.240 e. The van der Waals surface area contributed by atoms with Gasteiger partial charge in [0, 0.05) is 17.6 Å². The lowest BCUT2D eigenvalue weighted by atomic mass is 9.94. The van der Waals surface area contributed by atoms with Crippen LogP contribution in [0.3, 0.4) is 0 Å². The van der Waals surface area contributed by atoms with E-state index < -0.39 is 10.0 Å². The summed E-state index contributed by atoms with van der Waals surface area (Å²) in [6.45, 7) is 4.58. The Kier molecular flexibility index (Phi) is 5.30. The molecule has 3 N–H and O–H groups in total. The van der Waals surface area contributed by atoms with E-state index in [0.29, 0.717) is 23.4 Å². The first-order chi connectivity index (χ1) is 9.89. The highest BCUT2D eigenvalue weighted by atomic mass is 35.5. The van der Waals surface area contributed by atoms with E-state index in [1.54, 1.807) is 12.1 Å². The second-order valence-corrected chi connectivity index (χ2v) is 7.91. The maximum Gasteiger partial charge on any atom is 0.240 e. The number of benzene rings is 1. The molecule has 1 fully saturated rings. The van der Waals surface area contributed by atoms with E-state index in [4.69, 9.17) is 17.3 Å². The summed E-state index contributed by atoms with van der Waals surface area (Å²) in [7, 11) is -3.53. The van der Waals surface area contributed by atoms with Crippen molar-refractivity contribution in [2.75, 3.05) is 0 Å². The Morgan fingerprint density at radius 1 is 1.38 bits per heavy atom.